The van der Waals surface area contributed by atoms with Gasteiger partial charge >= 0.3 is 6.18 Å². The Labute approximate surface area is 165 Å². The van der Waals surface area contributed by atoms with Gasteiger partial charge in [0.1, 0.15) is 11.9 Å². The van der Waals surface area contributed by atoms with Crippen LogP contribution in [0.4, 0.5) is 17.6 Å². The van der Waals surface area contributed by atoms with E-state index in [2.05, 4.69) is 20.6 Å². The summed E-state index contributed by atoms with van der Waals surface area (Å²) in [6.45, 7) is 2.08. The second-order valence-corrected chi connectivity index (χ2v) is 6.43. The van der Waals surface area contributed by atoms with Crippen LogP contribution in [0.5, 0.6) is 0 Å². The summed E-state index contributed by atoms with van der Waals surface area (Å²) in [5.74, 6) is -0.310. The molecule has 28 heavy (non-hydrogen) atoms. The molecule has 0 bridgehead atoms. The van der Waals surface area contributed by atoms with Gasteiger partial charge in [0.2, 0.25) is 5.91 Å². The van der Waals surface area contributed by atoms with Gasteiger partial charge in [0.25, 0.3) is 0 Å². The zero-order valence-electron chi connectivity index (χ0n) is 14.9. The Morgan fingerprint density at radius 3 is 2.61 bits per heavy atom. The highest BCUT2D eigenvalue weighted by atomic mass is 35.5. The van der Waals surface area contributed by atoms with Crippen LogP contribution in [0.15, 0.2) is 30.6 Å². The van der Waals surface area contributed by atoms with Gasteiger partial charge in [-0.15, -0.1) is 12.4 Å². The monoisotopic (exact) mass is 418 g/mol. The summed E-state index contributed by atoms with van der Waals surface area (Å²) in [4.78, 5) is 19.7. The summed E-state index contributed by atoms with van der Waals surface area (Å²) in [7, 11) is 0. The number of aromatic nitrogens is 2. The number of aryl methyl sites for hydroxylation is 1. The minimum absolute atomic E-state index is 0. The van der Waals surface area contributed by atoms with Crippen LogP contribution < -0.4 is 10.6 Å². The number of nitrogens with zero attached hydrogens (tertiary/aromatic N) is 2. The van der Waals surface area contributed by atoms with E-state index in [9.17, 15) is 22.4 Å². The number of alkyl halides is 4. The Bertz CT molecular complexity index is 829. The van der Waals surface area contributed by atoms with E-state index in [0.717, 1.165) is 17.8 Å². The van der Waals surface area contributed by atoms with Crippen molar-refractivity contribution in [3.63, 3.8) is 0 Å². The molecule has 0 aromatic carbocycles. The van der Waals surface area contributed by atoms with Crippen molar-refractivity contribution in [2.45, 2.75) is 38.3 Å². The summed E-state index contributed by atoms with van der Waals surface area (Å²) in [5.41, 5.74) is 1.55. The second kappa shape index (κ2) is 8.83. The van der Waals surface area contributed by atoms with Gasteiger partial charge in [0, 0.05) is 30.9 Å². The van der Waals surface area contributed by atoms with Crippen molar-refractivity contribution in [3.05, 3.63) is 47.5 Å². The Hall–Kier alpha value is -2.26. The first kappa shape index (κ1) is 22.0. The van der Waals surface area contributed by atoms with Crippen LogP contribution in [0.25, 0.3) is 11.1 Å². The molecule has 0 aliphatic carbocycles. The van der Waals surface area contributed by atoms with E-state index in [1.54, 1.807) is 19.2 Å². The molecule has 10 heteroatoms. The van der Waals surface area contributed by atoms with Gasteiger partial charge in [-0.25, -0.2) is 4.39 Å². The van der Waals surface area contributed by atoms with Crippen LogP contribution in [-0.4, -0.2) is 34.6 Å². The van der Waals surface area contributed by atoms with Crippen LogP contribution in [0.3, 0.4) is 0 Å². The lowest BCUT2D eigenvalue weighted by molar-refractivity contribution is -0.141. The third-order valence-electron chi connectivity index (χ3n) is 4.36. The van der Waals surface area contributed by atoms with Crippen molar-refractivity contribution in [1.82, 2.24) is 20.6 Å². The highest BCUT2D eigenvalue weighted by Gasteiger charge is 2.32. The van der Waals surface area contributed by atoms with E-state index in [0.29, 0.717) is 16.8 Å². The van der Waals surface area contributed by atoms with E-state index in [4.69, 9.17) is 0 Å². The quantitative estimate of drug-likeness (QED) is 0.748. The molecule has 1 aliphatic heterocycles. The molecule has 152 valence electrons. The van der Waals surface area contributed by atoms with Gasteiger partial charge in [-0.05, 0) is 30.2 Å². The number of halogens is 5. The molecule has 1 saturated heterocycles. The molecule has 1 aliphatic rings. The molecule has 1 fully saturated rings. The molecular formula is C18H19ClF4N4O. The first-order valence-electron chi connectivity index (χ1n) is 8.38. The largest absolute Gasteiger partial charge is 0.433 e. The number of hydrogen-bond donors (Lipinski definition) is 2. The molecule has 3 heterocycles. The van der Waals surface area contributed by atoms with Gasteiger partial charge in [-0.2, -0.15) is 13.2 Å². The number of hydrogen-bond acceptors (Lipinski definition) is 4. The molecular weight excluding hydrogens is 400 g/mol. The number of carbonyl (C=O) groups excluding carboxylic acids is 1. The SMILES string of the molecule is Cc1cnc(CNC(=O)C2CC(F)CN2)cc1-c1ccc(C(F)(F)F)nc1.Cl. The first-order valence-corrected chi connectivity index (χ1v) is 8.38. The lowest BCUT2D eigenvalue weighted by Gasteiger charge is -2.12. The fourth-order valence-corrected chi connectivity index (χ4v) is 2.89. The van der Waals surface area contributed by atoms with Crippen LogP contribution in [-0.2, 0) is 17.5 Å². The highest BCUT2D eigenvalue weighted by Crippen LogP contribution is 2.30. The van der Waals surface area contributed by atoms with Gasteiger partial charge in [-0.3, -0.25) is 14.8 Å². The van der Waals surface area contributed by atoms with Gasteiger partial charge in [-0.1, -0.05) is 6.07 Å². The van der Waals surface area contributed by atoms with Gasteiger partial charge in [0.05, 0.1) is 18.3 Å². The molecule has 2 unspecified atom stereocenters. The topological polar surface area (TPSA) is 66.9 Å². The molecule has 5 nitrogen and oxygen atoms in total. The maximum absolute atomic E-state index is 13.2. The van der Waals surface area contributed by atoms with E-state index >= 15 is 0 Å². The summed E-state index contributed by atoms with van der Waals surface area (Å²) < 4.78 is 51.1. The third-order valence-corrected chi connectivity index (χ3v) is 4.36. The lowest BCUT2D eigenvalue weighted by Crippen LogP contribution is -2.40. The molecule has 0 spiro atoms. The average molecular weight is 419 g/mol. The van der Waals surface area contributed by atoms with Crippen molar-refractivity contribution in [2.75, 3.05) is 6.54 Å². The molecule has 1 amide bonds. The number of amides is 1. The standard InChI is InChI=1S/C18H18F4N4O.ClH/c1-10-6-23-13(9-26-17(27)15-4-12(19)8-24-15)5-14(10)11-2-3-16(25-7-11)18(20,21)22;/h2-3,5-7,12,15,24H,4,8-9H2,1H3,(H,26,27);1H. The Morgan fingerprint density at radius 1 is 1.29 bits per heavy atom. The summed E-state index contributed by atoms with van der Waals surface area (Å²) in [6.07, 6.45) is -2.64. The highest BCUT2D eigenvalue weighted by molar-refractivity contribution is 5.85. The normalized spacial score (nSPS) is 19.2. The number of rotatable bonds is 4. The van der Waals surface area contributed by atoms with E-state index in [1.165, 1.54) is 6.07 Å². The van der Waals surface area contributed by atoms with E-state index in [1.807, 2.05) is 0 Å². The van der Waals surface area contributed by atoms with Crippen molar-refractivity contribution in [2.24, 2.45) is 0 Å². The molecule has 2 aromatic rings. The molecule has 0 radical (unpaired) electrons. The van der Waals surface area contributed by atoms with Crippen molar-refractivity contribution < 1.29 is 22.4 Å². The fraction of sp³-hybridized carbons (Fsp3) is 0.389. The molecule has 2 N–H and O–H groups in total. The maximum atomic E-state index is 13.2. The van der Waals surface area contributed by atoms with Gasteiger partial charge in [0.15, 0.2) is 0 Å². The van der Waals surface area contributed by atoms with E-state index in [-0.39, 0.29) is 37.8 Å². The van der Waals surface area contributed by atoms with Gasteiger partial charge < -0.3 is 10.6 Å². The molecule has 2 aromatic heterocycles. The van der Waals surface area contributed by atoms with Crippen molar-refractivity contribution in [1.29, 1.82) is 0 Å². The average Bonchev–Trinajstić information content (AvgIpc) is 3.07. The van der Waals surface area contributed by atoms with Crippen LogP contribution in [0.1, 0.15) is 23.4 Å². The zero-order chi connectivity index (χ0) is 19.6. The minimum atomic E-state index is -4.49. The second-order valence-electron chi connectivity index (χ2n) is 6.43. The lowest BCUT2D eigenvalue weighted by atomic mass is 10.0. The number of pyridine rings is 2. The molecule has 3 rings (SSSR count). The van der Waals surface area contributed by atoms with Crippen LogP contribution >= 0.6 is 12.4 Å². The number of carbonyl (C=O) groups is 1. The molecule has 0 saturated carbocycles. The summed E-state index contributed by atoms with van der Waals surface area (Å²) in [6, 6.07) is 3.41. The maximum Gasteiger partial charge on any atom is 0.433 e. The summed E-state index contributed by atoms with van der Waals surface area (Å²) >= 11 is 0. The Kier molecular flexibility index (Phi) is 6.95. The van der Waals surface area contributed by atoms with Crippen molar-refractivity contribution in [3.8, 4) is 11.1 Å². The van der Waals surface area contributed by atoms with Crippen molar-refractivity contribution >= 4 is 18.3 Å². The minimum Gasteiger partial charge on any atom is -0.349 e. The first-order chi connectivity index (χ1) is 12.7. The Morgan fingerprint density at radius 2 is 2.04 bits per heavy atom. The predicted octanol–water partition coefficient (Wildman–Crippen LogP) is 3.21. The van der Waals surface area contributed by atoms with E-state index < -0.39 is 24.1 Å². The van der Waals surface area contributed by atoms with Crippen LogP contribution in [0.2, 0.25) is 0 Å². The Balaban J connectivity index is 0.00000280. The zero-order valence-corrected chi connectivity index (χ0v) is 15.7. The van der Waals surface area contributed by atoms with Crippen LogP contribution in [0, 0.1) is 6.92 Å². The predicted molar refractivity (Wildman–Crippen MR) is 97.6 cm³/mol. The fourth-order valence-electron chi connectivity index (χ4n) is 2.89. The number of nitrogens with one attached hydrogen (secondary N) is 2. The third kappa shape index (κ3) is 5.17. The summed E-state index contributed by atoms with van der Waals surface area (Å²) in [5, 5.41) is 5.49. The smallest absolute Gasteiger partial charge is 0.349 e. The molecule has 2 atom stereocenters.